The van der Waals surface area contributed by atoms with Crippen molar-refractivity contribution in [2.45, 2.75) is 39.5 Å². The van der Waals surface area contributed by atoms with Crippen LogP contribution in [0.4, 0.5) is 11.4 Å². The van der Waals surface area contributed by atoms with E-state index in [4.69, 9.17) is 0 Å². The highest BCUT2D eigenvalue weighted by atomic mass is 16.2. The van der Waals surface area contributed by atoms with Crippen LogP contribution in [0.3, 0.4) is 0 Å². The Morgan fingerprint density at radius 1 is 1.08 bits per heavy atom. The Hall–Kier alpha value is -2.62. The van der Waals surface area contributed by atoms with E-state index in [0.29, 0.717) is 12.0 Å². The number of nitrogens with one attached hydrogen (secondary N) is 1. The molecule has 2 aromatic rings. The van der Waals surface area contributed by atoms with E-state index in [1.807, 2.05) is 47.4 Å². The van der Waals surface area contributed by atoms with E-state index in [9.17, 15) is 9.59 Å². The predicted octanol–water partition coefficient (Wildman–Crippen LogP) is 4.19. The third kappa shape index (κ3) is 3.73. The Labute approximate surface area is 148 Å². The first-order chi connectivity index (χ1) is 12.1. The van der Waals surface area contributed by atoms with E-state index in [1.54, 1.807) is 0 Å². The minimum atomic E-state index is -0.111. The maximum atomic E-state index is 12.4. The van der Waals surface area contributed by atoms with Gasteiger partial charge in [-0.25, -0.2) is 0 Å². The Morgan fingerprint density at radius 2 is 1.84 bits per heavy atom. The molecule has 1 aliphatic heterocycles. The Balaban J connectivity index is 1.77. The van der Waals surface area contributed by atoms with Gasteiger partial charge in [0.25, 0.3) is 5.91 Å². The first-order valence-electron chi connectivity index (χ1n) is 8.96. The zero-order chi connectivity index (χ0) is 17.8. The second-order valence-electron chi connectivity index (χ2n) is 6.39. The lowest BCUT2D eigenvalue weighted by molar-refractivity contribution is -0.118. The molecule has 0 unspecified atom stereocenters. The smallest absolute Gasteiger partial charge is 0.255 e. The normalized spacial score (nSPS) is 13.5. The van der Waals surface area contributed by atoms with Crippen molar-refractivity contribution in [3.8, 4) is 0 Å². The number of hydrogen-bond acceptors (Lipinski definition) is 2. The molecule has 0 bridgehead atoms. The molecule has 3 rings (SSSR count). The molecule has 0 saturated heterocycles. The van der Waals surface area contributed by atoms with Gasteiger partial charge < -0.3 is 10.2 Å². The topological polar surface area (TPSA) is 49.4 Å². The Bertz CT molecular complexity index is 781. The van der Waals surface area contributed by atoms with Gasteiger partial charge >= 0.3 is 0 Å². The van der Waals surface area contributed by atoms with Gasteiger partial charge in [0.05, 0.1) is 0 Å². The number of aryl methyl sites for hydroxylation is 2. The van der Waals surface area contributed by atoms with Crippen molar-refractivity contribution < 1.29 is 9.59 Å². The summed E-state index contributed by atoms with van der Waals surface area (Å²) in [5.74, 6) is 0.0713. The minimum Gasteiger partial charge on any atom is -0.322 e. The van der Waals surface area contributed by atoms with Crippen molar-refractivity contribution in [3.63, 3.8) is 0 Å². The highest BCUT2D eigenvalue weighted by molar-refractivity contribution is 6.04. The molecule has 2 aromatic carbocycles. The number of fused-ring (bicyclic) bond motifs is 1. The monoisotopic (exact) mass is 336 g/mol. The number of nitrogens with zero attached hydrogens (tertiary/aromatic N) is 1. The highest BCUT2D eigenvalue weighted by Crippen LogP contribution is 2.30. The van der Waals surface area contributed by atoms with Crippen LogP contribution in [0.25, 0.3) is 0 Å². The summed E-state index contributed by atoms with van der Waals surface area (Å²) in [5, 5.41) is 2.96. The summed E-state index contributed by atoms with van der Waals surface area (Å²) < 4.78 is 0. The molecule has 0 aromatic heterocycles. The van der Waals surface area contributed by atoms with E-state index >= 15 is 0 Å². The number of hydrogen-bond donors (Lipinski definition) is 1. The maximum absolute atomic E-state index is 12.4. The SMILES string of the molecule is CCCN1C(=O)CCc2cc(NC(=O)c3ccc(CC)cc3)ccc21. The van der Waals surface area contributed by atoms with Crippen LogP contribution in [0, 0.1) is 0 Å². The maximum Gasteiger partial charge on any atom is 0.255 e. The number of carbonyl (C=O) groups is 2. The van der Waals surface area contributed by atoms with Crippen LogP contribution in [-0.4, -0.2) is 18.4 Å². The molecule has 1 aliphatic rings. The summed E-state index contributed by atoms with van der Waals surface area (Å²) in [7, 11) is 0. The van der Waals surface area contributed by atoms with Crippen LogP contribution in [-0.2, 0) is 17.6 Å². The first kappa shape index (κ1) is 17.2. The molecule has 4 heteroatoms. The average Bonchev–Trinajstić information content (AvgIpc) is 2.64. The molecular weight excluding hydrogens is 312 g/mol. The summed E-state index contributed by atoms with van der Waals surface area (Å²) in [6.45, 7) is 4.90. The van der Waals surface area contributed by atoms with Gasteiger partial charge in [0.1, 0.15) is 0 Å². The molecule has 1 heterocycles. The number of anilines is 2. The summed E-state index contributed by atoms with van der Waals surface area (Å²) in [6, 6.07) is 13.5. The van der Waals surface area contributed by atoms with Gasteiger partial charge in [0.2, 0.25) is 5.91 Å². The predicted molar refractivity (Wildman–Crippen MR) is 101 cm³/mol. The van der Waals surface area contributed by atoms with Crippen LogP contribution in [0.2, 0.25) is 0 Å². The van der Waals surface area contributed by atoms with Crippen molar-refractivity contribution in [2.75, 3.05) is 16.8 Å². The molecule has 0 fully saturated rings. The van der Waals surface area contributed by atoms with Crippen LogP contribution in [0.15, 0.2) is 42.5 Å². The van der Waals surface area contributed by atoms with Crippen molar-refractivity contribution in [2.24, 2.45) is 0 Å². The number of amides is 2. The first-order valence-corrected chi connectivity index (χ1v) is 8.96. The zero-order valence-corrected chi connectivity index (χ0v) is 14.8. The Morgan fingerprint density at radius 3 is 2.52 bits per heavy atom. The van der Waals surface area contributed by atoms with Gasteiger partial charge in [-0.05, 0) is 60.7 Å². The van der Waals surface area contributed by atoms with Gasteiger partial charge in [-0.2, -0.15) is 0 Å². The molecule has 0 atom stereocenters. The molecule has 25 heavy (non-hydrogen) atoms. The van der Waals surface area contributed by atoms with Crippen LogP contribution in [0.5, 0.6) is 0 Å². The second kappa shape index (κ2) is 7.51. The fourth-order valence-electron chi connectivity index (χ4n) is 3.20. The lowest BCUT2D eigenvalue weighted by atomic mass is 10.00. The van der Waals surface area contributed by atoms with E-state index in [1.165, 1.54) is 5.56 Å². The summed E-state index contributed by atoms with van der Waals surface area (Å²) in [5.41, 5.74) is 4.73. The van der Waals surface area contributed by atoms with E-state index in [0.717, 1.165) is 42.7 Å². The van der Waals surface area contributed by atoms with Crippen molar-refractivity contribution >= 4 is 23.2 Å². The minimum absolute atomic E-state index is 0.111. The molecule has 2 amide bonds. The third-order valence-electron chi connectivity index (χ3n) is 4.61. The molecule has 0 radical (unpaired) electrons. The largest absolute Gasteiger partial charge is 0.322 e. The summed E-state index contributed by atoms with van der Waals surface area (Å²) in [6.07, 6.45) is 3.14. The Kier molecular flexibility index (Phi) is 5.17. The number of carbonyl (C=O) groups excluding carboxylic acids is 2. The van der Waals surface area contributed by atoms with Gasteiger partial charge in [-0.15, -0.1) is 0 Å². The van der Waals surface area contributed by atoms with Gasteiger partial charge in [0.15, 0.2) is 0 Å². The fourth-order valence-corrected chi connectivity index (χ4v) is 3.20. The molecule has 1 N–H and O–H groups in total. The average molecular weight is 336 g/mol. The van der Waals surface area contributed by atoms with Gasteiger partial charge in [-0.3, -0.25) is 9.59 Å². The van der Waals surface area contributed by atoms with Gasteiger partial charge in [-0.1, -0.05) is 26.0 Å². The molecule has 0 saturated carbocycles. The van der Waals surface area contributed by atoms with Crippen molar-refractivity contribution in [1.82, 2.24) is 0 Å². The van der Waals surface area contributed by atoms with E-state index in [2.05, 4.69) is 19.2 Å². The van der Waals surface area contributed by atoms with E-state index < -0.39 is 0 Å². The number of benzene rings is 2. The molecule has 0 aliphatic carbocycles. The zero-order valence-electron chi connectivity index (χ0n) is 14.8. The standard InChI is InChI=1S/C21H24N2O2/c1-3-13-23-19-11-10-18(14-17(19)9-12-20(23)24)22-21(25)16-7-5-15(4-2)6-8-16/h5-8,10-11,14H,3-4,9,12-13H2,1-2H3,(H,22,25). The lowest BCUT2D eigenvalue weighted by Crippen LogP contribution is -2.35. The van der Waals surface area contributed by atoms with Crippen LogP contribution >= 0.6 is 0 Å². The van der Waals surface area contributed by atoms with E-state index in [-0.39, 0.29) is 11.8 Å². The van der Waals surface area contributed by atoms with Crippen LogP contribution < -0.4 is 10.2 Å². The molecule has 4 nitrogen and oxygen atoms in total. The van der Waals surface area contributed by atoms with Crippen LogP contribution in [0.1, 0.15) is 48.2 Å². The fraction of sp³-hybridized carbons (Fsp3) is 0.333. The lowest BCUT2D eigenvalue weighted by Gasteiger charge is -2.29. The molecular formula is C21H24N2O2. The third-order valence-corrected chi connectivity index (χ3v) is 4.61. The second-order valence-corrected chi connectivity index (χ2v) is 6.39. The summed E-state index contributed by atoms with van der Waals surface area (Å²) >= 11 is 0. The molecule has 0 spiro atoms. The molecule has 130 valence electrons. The van der Waals surface area contributed by atoms with Gasteiger partial charge in [0, 0.05) is 29.9 Å². The summed E-state index contributed by atoms with van der Waals surface area (Å²) in [4.78, 5) is 26.4. The number of rotatable bonds is 5. The highest BCUT2D eigenvalue weighted by Gasteiger charge is 2.23. The quantitative estimate of drug-likeness (QED) is 0.890. The van der Waals surface area contributed by atoms with Crippen molar-refractivity contribution in [1.29, 1.82) is 0 Å². The van der Waals surface area contributed by atoms with Crippen molar-refractivity contribution in [3.05, 3.63) is 59.2 Å².